The molecule has 0 N–H and O–H groups in total. The minimum Gasteiger partial charge on any atom is -0.469 e. The smallest absolute Gasteiger partial charge is 0.307 e. The Kier molecular flexibility index (Phi) is 7.32. The van der Waals surface area contributed by atoms with Crippen LogP contribution in [0.15, 0.2) is 35.9 Å². The van der Waals surface area contributed by atoms with Gasteiger partial charge in [0, 0.05) is 23.7 Å². The Morgan fingerprint density at radius 1 is 1.25 bits per heavy atom. The SMILES string of the molecule is COC(=O)CCN(CCC1=CCCCC1)C(=O)c1cccc(Cl)c1. The van der Waals surface area contributed by atoms with E-state index in [1.165, 1.54) is 25.5 Å². The molecule has 5 heteroatoms. The summed E-state index contributed by atoms with van der Waals surface area (Å²) in [6.07, 6.45) is 8.03. The maximum Gasteiger partial charge on any atom is 0.307 e. The van der Waals surface area contributed by atoms with Gasteiger partial charge >= 0.3 is 5.97 Å². The molecule has 1 aliphatic carbocycles. The third-order valence-electron chi connectivity index (χ3n) is 4.26. The van der Waals surface area contributed by atoms with Crippen LogP contribution in [0.3, 0.4) is 0 Å². The molecule has 1 amide bonds. The molecule has 2 rings (SSSR count). The Balaban J connectivity index is 2.04. The first-order chi connectivity index (χ1) is 11.6. The lowest BCUT2D eigenvalue weighted by atomic mass is 9.97. The van der Waals surface area contributed by atoms with Gasteiger partial charge in [-0.3, -0.25) is 9.59 Å². The molecule has 1 aliphatic rings. The number of carbonyl (C=O) groups excluding carboxylic acids is 2. The molecule has 0 aromatic heterocycles. The fraction of sp³-hybridized carbons (Fsp3) is 0.474. The first kappa shape index (κ1) is 18.5. The molecular weight excluding hydrogens is 326 g/mol. The number of hydrogen-bond acceptors (Lipinski definition) is 3. The number of carbonyl (C=O) groups is 2. The summed E-state index contributed by atoms with van der Waals surface area (Å²) >= 11 is 5.99. The van der Waals surface area contributed by atoms with Gasteiger partial charge in [-0.05, 0) is 50.3 Å². The second-order valence-corrected chi connectivity index (χ2v) is 6.42. The van der Waals surface area contributed by atoms with Gasteiger partial charge < -0.3 is 9.64 Å². The van der Waals surface area contributed by atoms with Crippen molar-refractivity contribution < 1.29 is 14.3 Å². The predicted molar refractivity (Wildman–Crippen MR) is 95.2 cm³/mol. The molecule has 0 fully saturated rings. The molecule has 0 spiro atoms. The summed E-state index contributed by atoms with van der Waals surface area (Å²) in [4.78, 5) is 25.9. The van der Waals surface area contributed by atoms with Crippen molar-refractivity contribution >= 4 is 23.5 Å². The molecule has 0 unspecified atom stereocenters. The predicted octanol–water partition coefficient (Wildman–Crippen LogP) is 4.24. The Hall–Kier alpha value is -1.81. The number of halogens is 1. The highest BCUT2D eigenvalue weighted by Crippen LogP contribution is 2.21. The third-order valence-corrected chi connectivity index (χ3v) is 4.50. The molecule has 130 valence electrons. The zero-order valence-corrected chi connectivity index (χ0v) is 14.8. The zero-order valence-electron chi connectivity index (χ0n) is 14.1. The first-order valence-electron chi connectivity index (χ1n) is 8.39. The summed E-state index contributed by atoms with van der Waals surface area (Å²) in [6.45, 7) is 0.958. The molecule has 0 radical (unpaired) electrons. The van der Waals surface area contributed by atoms with Gasteiger partial charge in [0.15, 0.2) is 0 Å². The molecule has 1 aromatic carbocycles. The zero-order chi connectivity index (χ0) is 17.4. The van der Waals surface area contributed by atoms with Crippen molar-refractivity contribution in [3.8, 4) is 0 Å². The highest BCUT2D eigenvalue weighted by atomic mass is 35.5. The number of ether oxygens (including phenoxy) is 1. The summed E-state index contributed by atoms with van der Waals surface area (Å²) < 4.78 is 4.69. The Morgan fingerprint density at radius 2 is 2.08 bits per heavy atom. The Bertz CT molecular complexity index is 612. The van der Waals surface area contributed by atoms with Crippen LogP contribution in [-0.4, -0.2) is 37.0 Å². The van der Waals surface area contributed by atoms with Crippen LogP contribution in [0.5, 0.6) is 0 Å². The third kappa shape index (κ3) is 5.68. The molecule has 0 saturated heterocycles. The standard InChI is InChI=1S/C19H24ClNO3/c1-24-18(22)11-13-21(12-10-15-6-3-2-4-7-15)19(23)16-8-5-9-17(20)14-16/h5-6,8-9,14H,2-4,7,10-13H2,1H3. The molecule has 0 bridgehead atoms. The number of methoxy groups -OCH3 is 1. The van der Waals surface area contributed by atoms with Gasteiger partial charge in [-0.15, -0.1) is 0 Å². The van der Waals surface area contributed by atoms with Crippen LogP contribution in [0, 0.1) is 0 Å². The van der Waals surface area contributed by atoms with E-state index in [-0.39, 0.29) is 18.3 Å². The quantitative estimate of drug-likeness (QED) is 0.546. The van der Waals surface area contributed by atoms with Gasteiger partial charge in [0.25, 0.3) is 5.91 Å². The number of rotatable bonds is 7. The first-order valence-corrected chi connectivity index (χ1v) is 8.77. The van der Waals surface area contributed by atoms with Gasteiger partial charge in [-0.25, -0.2) is 0 Å². The van der Waals surface area contributed by atoms with Crippen LogP contribution in [0.4, 0.5) is 0 Å². The number of amides is 1. The fourth-order valence-corrected chi connectivity index (χ4v) is 3.05. The average molecular weight is 350 g/mol. The molecule has 0 atom stereocenters. The number of nitrogens with zero attached hydrogens (tertiary/aromatic N) is 1. The lowest BCUT2D eigenvalue weighted by Crippen LogP contribution is -2.34. The summed E-state index contributed by atoms with van der Waals surface area (Å²) in [5.41, 5.74) is 1.95. The topological polar surface area (TPSA) is 46.6 Å². The van der Waals surface area contributed by atoms with E-state index in [4.69, 9.17) is 16.3 Å². The van der Waals surface area contributed by atoms with E-state index in [0.717, 1.165) is 19.3 Å². The highest BCUT2D eigenvalue weighted by Gasteiger charge is 2.18. The monoisotopic (exact) mass is 349 g/mol. The van der Waals surface area contributed by atoms with Crippen LogP contribution in [0.25, 0.3) is 0 Å². The average Bonchev–Trinajstić information content (AvgIpc) is 2.61. The van der Waals surface area contributed by atoms with E-state index < -0.39 is 0 Å². The van der Waals surface area contributed by atoms with E-state index in [1.807, 2.05) is 0 Å². The van der Waals surface area contributed by atoms with Gasteiger partial charge in [0.1, 0.15) is 0 Å². The maximum absolute atomic E-state index is 12.8. The van der Waals surface area contributed by atoms with Crippen molar-refractivity contribution in [2.45, 2.75) is 38.5 Å². The number of hydrogen-bond donors (Lipinski definition) is 0. The van der Waals surface area contributed by atoms with E-state index >= 15 is 0 Å². The van der Waals surface area contributed by atoms with Crippen molar-refractivity contribution in [1.82, 2.24) is 4.90 Å². The van der Waals surface area contributed by atoms with Crippen molar-refractivity contribution in [2.75, 3.05) is 20.2 Å². The summed E-state index contributed by atoms with van der Waals surface area (Å²) in [6, 6.07) is 6.91. The van der Waals surface area contributed by atoms with Crippen molar-refractivity contribution in [2.24, 2.45) is 0 Å². The van der Waals surface area contributed by atoms with Crippen molar-refractivity contribution in [3.63, 3.8) is 0 Å². The van der Waals surface area contributed by atoms with Crippen LogP contribution < -0.4 is 0 Å². The number of benzene rings is 1. The van der Waals surface area contributed by atoms with E-state index in [9.17, 15) is 9.59 Å². The van der Waals surface area contributed by atoms with E-state index in [1.54, 1.807) is 29.2 Å². The summed E-state index contributed by atoms with van der Waals surface area (Å²) in [5.74, 6) is -0.409. The second-order valence-electron chi connectivity index (χ2n) is 5.99. The van der Waals surface area contributed by atoms with Crippen LogP contribution in [0.2, 0.25) is 5.02 Å². The van der Waals surface area contributed by atoms with Crippen molar-refractivity contribution in [3.05, 3.63) is 46.5 Å². The Morgan fingerprint density at radius 3 is 2.75 bits per heavy atom. The molecule has 1 aromatic rings. The second kappa shape index (κ2) is 9.48. The van der Waals surface area contributed by atoms with Crippen LogP contribution in [-0.2, 0) is 9.53 Å². The molecular formula is C19H24ClNO3. The fourth-order valence-electron chi connectivity index (χ4n) is 2.86. The molecule has 0 heterocycles. The van der Waals surface area contributed by atoms with Crippen LogP contribution >= 0.6 is 11.6 Å². The maximum atomic E-state index is 12.8. The molecule has 0 aliphatic heterocycles. The number of allylic oxidation sites excluding steroid dienone is 1. The van der Waals surface area contributed by atoms with Crippen molar-refractivity contribution in [1.29, 1.82) is 0 Å². The van der Waals surface area contributed by atoms with Gasteiger partial charge in [-0.1, -0.05) is 29.3 Å². The highest BCUT2D eigenvalue weighted by molar-refractivity contribution is 6.30. The van der Waals surface area contributed by atoms with Crippen LogP contribution in [0.1, 0.15) is 48.9 Å². The lowest BCUT2D eigenvalue weighted by molar-refractivity contribution is -0.140. The summed E-state index contributed by atoms with van der Waals surface area (Å²) in [5, 5.41) is 0.531. The normalized spacial score (nSPS) is 14.0. The minimum atomic E-state index is -0.309. The molecule has 0 saturated carbocycles. The molecule has 24 heavy (non-hydrogen) atoms. The van der Waals surface area contributed by atoms with E-state index in [2.05, 4.69) is 6.08 Å². The largest absolute Gasteiger partial charge is 0.469 e. The molecule has 4 nitrogen and oxygen atoms in total. The lowest BCUT2D eigenvalue weighted by Gasteiger charge is -2.24. The minimum absolute atomic E-state index is 0.0992. The van der Waals surface area contributed by atoms with Gasteiger partial charge in [-0.2, -0.15) is 0 Å². The number of esters is 1. The van der Waals surface area contributed by atoms with Gasteiger partial charge in [0.05, 0.1) is 13.5 Å². The Labute approximate surface area is 148 Å². The van der Waals surface area contributed by atoms with E-state index in [0.29, 0.717) is 23.7 Å². The van der Waals surface area contributed by atoms with Gasteiger partial charge in [0.2, 0.25) is 0 Å². The summed E-state index contributed by atoms with van der Waals surface area (Å²) in [7, 11) is 1.36.